The van der Waals surface area contributed by atoms with E-state index in [-0.39, 0.29) is 5.76 Å². The van der Waals surface area contributed by atoms with Crippen LogP contribution in [0.5, 0.6) is 0 Å². The number of anilines is 1. The molecule has 2 aromatic rings. The van der Waals surface area contributed by atoms with E-state index in [4.69, 9.17) is 9.15 Å². The molecule has 2 N–H and O–H groups in total. The highest BCUT2D eigenvalue weighted by Gasteiger charge is 2.18. The number of amides is 2. The van der Waals surface area contributed by atoms with Gasteiger partial charge in [-0.15, -0.1) is 0 Å². The van der Waals surface area contributed by atoms with Crippen LogP contribution < -0.4 is 10.6 Å². The van der Waals surface area contributed by atoms with E-state index in [1.54, 1.807) is 44.2 Å². The molecule has 24 heavy (non-hydrogen) atoms. The van der Waals surface area contributed by atoms with Crippen molar-refractivity contribution in [2.24, 2.45) is 0 Å². The highest BCUT2D eigenvalue weighted by molar-refractivity contribution is 6.00. The maximum absolute atomic E-state index is 12.1. The summed E-state index contributed by atoms with van der Waals surface area (Å²) in [6.45, 7) is 3.58. The summed E-state index contributed by atoms with van der Waals surface area (Å²) >= 11 is 0. The van der Waals surface area contributed by atoms with Crippen molar-refractivity contribution in [2.45, 2.75) is 19.9 Å². The topological polar surface area (TPSA) is 97.6 Å². The van der Waals surface area contributed by atoms with Gasteiger partial charge in [0.05, 0.1) is 18.4 Å². The molecule has 126 valence electrons. The minimum atomic E-state index is -0.757. The van der Waals surface area contributed by atoms with Crippen molar-refractivity contribution < 1.29 is 23.5 Å². The van der Waals surface area contributed by atoms with Gasteiger partial charge in [-0.2, -0.15) is 0 Å². The van der Waals surface area contributed by atoms with Crippen molar-refractivity contribution in [2.75, 3.05) is 11.9 Å². The van der Waals surface area contributed by atoms with Crippen LogP contribution in [0.15, 0.2) is 47.1 Å². The van der Waals surface area contributed by atoms with Crippen LogP contribution in [0.4, 0.5) is 5.69 Å². The van der Waals surface area contributed by atoms with Gasteiger partial charge >= 0.3 is 5.97 Å². The Morgan fingerprint density at radius 3 is 2.46 bits per heavy atom. The third-order valence-corrected chi connectivity index (χ3v) is 3.15. The third kappa shape index (κ3) is 4.45. The number of nitrogens with one attached hydrogen (secondary N) is 2. The largest absolute Gasteiger partial charge is 0.462 e. The van der Waals surface area contributed by atoms with Crippen LogP contribution >= 0.6 is 0 Å². The second-order valence-corrected chi connectivity index (χ2v) is 4.96. The molecular weight excluding hydrogens is 312 g/mol. The van der Waals surface area contributed by atoms with Crippen molar-refractivity contribution >= 4 is 23.5 Å². The molecule has 1 aromatic heterocycles. The molecule has 0 spiro atoms. The monoisotopic (exact) mass is 330 g/mol. The first-order valence-corrected chi connectivity index (χ1v) is 7.43. The van der Waals surface area contributed by atoms with Crippen LogP contribution in [0.1, 0.15) is 34.8 Å². The third-order valence-electron chi connectivity index (χ3n) is 3.15. The Morgan fingerprint density at radius 1 is 1.17 bits per heavy atom. The highest BCUT2D eigenvalue weighted by atomic mass is 16.5. The Balaban J connectivity index is 1.91. The second kappa shape index (κ2) is 7.96. The first-order chi connectivity index (χ1) is 11.5. The van der Waals surface area contributed by atoms with E-state index in [1.165, 1.54) is 12.3 Å². The molecule has 0 aliphatic rings. The van der Waals surface area contributed by atoms with Gasteiger partial charge in [-0.05, 0) is 50.2 Å². The SMILES string of the molecule is CCOC(=O)c1ccc(NC(=O)C(C)NC(=O)c2ccco2)cc1. The fraction of sp³-hybridized carbons (Fsp3) is 0.235. The molecule has 2 amide bonds. The average Bonchev–Trinajstić information content (AvgIpc) is 3.10. The molecule has 7 nitrogen and oxygen atoms in total. The van der Waals surface area contributed by atoms with Gasteiger partial charge in [0.2, 0.25) is 5.91 Å². The molecule has 0 saturated carbocycles. The van der Waals surface area contributed by atoms with Gasteiger partial charge in [0.1, 0.15) is 6.04 Å². The summed E-state index contributed by atoms with van der Waals surface area (Å²) in [5.74, 6) is -1.15. The van der Waals surface area contributed by atoms with Crippen molar-refractivity contribution in [3.63, 3.8) is 0 Å². The molecule has 0 saturated heterocycles. The zero-order chi connectivity index (χ0) is 17.5. The average molecular weight is 330 g/mol. The molecule has 0 bridgehead atoms. The number of ether oxygens (including phenoxy) is 1. The van der Waals surface area contributed by atoms with E-state index >= 15 is 0 Å². The summed E-state index contributed by atoms with van der Waals surface area (Å²) < 4.78 is 9.85. The Morgan fingerprint density at radius 2 is 1.88 bits per heavy atom. The standard InChI is InChI=1S/C17H18N2O5/c1-3-23-17(22)12-6-8-13(9-7-12)19-15(20)11(2)18-16(21)14-5-4-10-24-14/h4-11H,3H2,1-2H3,(H,18,21)(H,19,20). The smallest absolute Gasteiger partial charge is 0.338 e. The normalized spacial score (nSPS) is 11.4. The van der Waals surface area contributed by atoms with E-state index in [0.717, 1.165) is 0 Å². The van der Waals surface area contributed by atoms with Gasteiger partial charge in [0, 0.05) is 5.69 Å². The maximum atomic E-state index is 12.1. The quantitative estimate of drug-likeness (QED) is 0.791. The number of carbonyl (C=O) groups is 3. The minimum Gasteiger partial charge on any atom is -0.462 e. The predicted molar refractivity (Wildman–Crippen MR) is 86.7 cm³/mol. The van der Waals surface area contributed by atoms with Crippen LogP contribution in [0.2, 0.25) is 0 Å². The second-order valence-electron chi connectivity index (χ2n) is 4.96. The zero-order valence-corrected chi connectivity index (χ0v) is 13.4. The molecule has 0 fully saturated rings. The van der Waals surface area contributed by atoms with Crippen molar-refractivity contribution in [1.29, 1.82) is 0 Å². The number of hydrogen-bond acceptors (Lipinski definition) is 5. The van der Waals surface area contributed by atoms with Gasteiger partial charge in [-0.25, -0.2) is 4.79 Å². The molecule has 7 heteroatoms. The summed E-state index contributed by atoms with van der Waals surface area (Å²) in [7, 11) is 0. The first kappa shape index (κ1) is 17.3. The molecular formula is C17H18N2O5. The summed E-state index contributed by atoms with van der Waals surface area (Å²) in [6.07, 6.45) is 1.38. The van der Waals surface area contributed by atoms with Gasteiger partial charge in [-0.3, -0.25) is 9.59 Å². The lowest BCUT2D eigenvalue weighted by Gasteiger charge is -2.13. The molecule has 0 aliphatic heterocycles. The Kier molecular flexibility index (Phi) is 5.73. The lowest BCUT2D eigenvalue weighted by atomic mass is 10.2. The van der Waals surface area contributed by atoms with Crippen LogP contribution in [0.3, 0.4) is 0 Å². The number of carbonyl (C=O) groups excluding carboxylic acids is 3. The number of furan rings is 1. The van der Waals surface area contributed by atoms with Crippen molar-refractivity contribution in [3.8, 4) is 0 Å². The van der Waals surface area contributed by atoms with Gasteiger partial charge in [0.15, 0.2) is 5.76 Å². The lowest BCUT2D eigenvalue weighted by molar-refractivity contribution is -0.117. The van der Waals surface area contributed by atoms with Crippen molar-refractivity contribution in [3.05, 3.63) is 54.0 Å². The number of benzene rings is 1. The highest BCUT2D eigenvalue weighted by Crippen LogP contribution is 2.11. The molecule has 0 aliphatic carbocycles. The molecule has 1 unspecified atom stereocenters. The van der Waals surface area contributed by atoms with E-state index in [2.05, 4.69) is 10.6 Å². The summed E-state index contributed by atoms with van der Waals surface area (Å²) in [6, 6.07) is 8.63. The fourth-order valence-electron chi connectivity index (χ4n) is 1.90. The van der Waals surface area contributed by atoms with Gasteiger partial charge in [0.25, 0.3) is 5.91 Å². The van der Waals surface area contributed by atoms with Crippen LogP contribution in [0, 0.1) is 0 Å². The predicted octanol–water partition coefficient (Wildman–Crippen LogP) is 2.21. The van der Waals surface area contributed by atoms with E-state index in [0.29, 0.717) is 17.9 Å². The molecule has 2 rings (SSSR count). The first-order valence-electron chi connectivity index (χ1n) is 7.43. The molecule has 1 aromatic carbocycles. The zero-order valence-electron chi connectivity index (χ0n) is 13.4. The maximum Gasteiger partial charge on any atom is 0.338 e. The Hall–Kier alpha value is -3.09. The summed E-state index contributed by atoms with van der Waals surface area (Å²) in [5.41, 5.74) is 0.904. The minimum absolute atomic E-state index is 0.133. The van der Waals surface area contributed by atoms with E-state index < -0.39 is 23.8 Å². The number of hydrogen-bond donors (Lipinski definition) is 2. The summed E-state index contributed by atoms with van der Waals surface area (Å²) in [4.78, 5) is 35.5. The summed E-state index contributed by atoms with van der Waals surface area (Å²) in [5, 5.41) is 5.18. The van der Waals surface area contributed by atoms with Gasteiger partial charge < -0.3 is 19.8 Å². The van der Waals surface area contributed by atoms with Gasteiger partial charge in [-0.1, -0.05) is 0 Å². The molecule has 1 atom stereocenters. The number of rotatable bonds is 6. The number of esters is 1. The van der Waals surface area contributed by atoms with Crippen molar-refractivity contribution in [1.82, 2.24) is 5.32 Å². The van der Waals surface area contributed by atoms with Crippen LogP contribution in [-0.2, 0) is 9.53 Å². The van der Waals surface area contributed by atoms with Crippen LogP contribution in [-0.4, -0.2) is 30.4 Å². The van der Waals surface area contributed by atoms with Crippen LogP contribution in [0.25, 0.3) is 0 Å². The van der Waals surface area contributed by atoms with E-state index in [9.17, 15) is 14.4 Å². The molecule has 1 heterocycles. The van der Waals surface area contributed by atoms with E-state index in [1.807, 2.05) is 0 Å². The fourth-order valence-corrected chi connectivity index (χ4v) is 1.90. The lowest BCUT2D eigenvalue weighted by Crippen LogP contribution is -2.41. The molecule has 0 radical (unpaired) electrons. The Labute approximate surface area is 139 Å². The Bertz CT molecular complexity index is 707.